The largest absolute Gasteiger partial charge is 0.390 e. The summed E-state index contributed by atoms with van der Waals surface area (Å²) in [5.41, 5.74) is -0.387. The fourth-order valence-electron chi connectivity index (χ4n) is 2.88. The van der Waals surface area contributed by atoms with Crippen LogP contribution in [0.2, 0.25) is 0 Å². The summed E-state index contributed by atoms with van der Waals surface area (Å²) in [6.45, 7) is 4.33. The van der Waals surface area contributed by atoms with Gasteiger partial charge >= 0.3 is 0 Å². The Morgan fingerprint density at radius 3 is 2.57 bits per heavy atom. The van der Waals surface area contributed by atoms with E-state index in [2.05, 4.69) is 5.32 Å². The molecule has 0 spiro atoms. The predicted molar refractivity (Wildman–Crippen MR) is 58.2 cm³/mol. The lowest BCUT2D eigenvalue weighted by molar-refractivity contribution is -0.0543. The second-order valence-electron chi connectivity index (χ2n) is 5.40. The van der Waals surface area contributed by atoms with Crippen molar-refractivity contribution in [3.8, 4) is 0 Å². The van der Waals surface area contributed by atoms with Crippen LogP contribution >= 0.6 is 0 Å². The summed E-state index contributed by atoms with van der Waals surface area (Å²) in [4.78, 5) is 0. The van der Waals surface area contributed by atoms with Gasteiger partial charge < -0.3 is 10.4 Å². The number of nitrogens with one attached hydrogen (secondary N) is 1. The number of hydrogen-bond acceptors (Lipinski definition) is 2. The lowest BCUT2D eigenvalue weighted by Gasteiger charge is -2.41. The van der Waals surface area contributed by atoms with Gasteiger partial charge in [-0.15, -0.1) is 0 Å². The smallest absolute Gasteiger partial charge is 0.0650 e. The van der Waals surface area contributed by atoms with E-state index in [0.717, 1.165) is 13.0 Å². The highest BCUT2D eigenvalue weighted by Gasteiger charge is 2.37. The van der Waals surface area contributed by atoms with Crippen LogP contribution in [0.1, 0.15) is 45.4 Å². The summed E-state index contributed by atoms with van der Waals surface area (Å²) in [6, 6.07) is 0. The van der Waals surface area contributed by atoms with Gasteiger partial charge in [-0.05, 0) is 64.0 Å². The Balaban J connectivity index is 1.81. The molecule has 2 rings (SSSR count). The third-order valence-corrected chi connectivity index (χ3v) is 4.09. The summed E-state index contributed by atoms with van der Waals surface area (Å²) < 4.78 is 0. The van der Waals surface area contributed by atoms with E-state index in [1.807, 2.05) is 6.92 Å². The van der Waals surface area contributed by atoms with Gasteiger partial charge in [0.05, 0.1) is 5.60 Å². The second kappa shape index (κ2) is 4.19. The normalized spacial score (nSPS) is 33.4. The van der Waals surface area contributed by atoms with Crippen LogP contribution in [0.3, 0.4) is 0 Å². The molecule has 2 heteroatoms. The summed E-state index contributed by atoms with van der Waals surface area (Å²) in [5, 5.41) is 13.8. The quantitative estimate of drug-likeness (QED) is 0.724. The van der Waals surface area contributed by atoms with Crippen molar-refractivity contribution < 1.29 is 5.11 Å². The van der Waals surface area contributed by atoms with Crippen molar-refractivity contribution >= 4 is 0 Å². The summed E-state index contributed by atoms with van der Waals surface area (Å²) in [7, 11) is 0. The SMILES string of the molecule is CC(O)(CC1CCCNC1)C1CCC1. The molecule has 1 heterocycles. The van der Waals surface area contributed by atoms with E-state index in [9.17, 15) is 5.11 Å². The molecule has 2 nitrogen and oxygen atoms in total. The van der Waals surface area contributed by atoms with Crippen LogP contribution in [0.4, 0.5) is 0 Å². The highest BCUT2D eigenvalue weighted by atomic mass is 16.3. The van der Waals surface area contributed by atoms with Crippen LogP contribution in [-0.2, 0) is 0 Å². The zero-order valence-corrected chi connectivity index (χ0v) is 9.26. The van der Waals surface area contributed by atoms with E-state index < -0.39 is 0 Å². The standard InChI is InChI=1S/C12H23NO/c1-12(14,11-5-2-6-11)8-10-4-3-7-13-9-10/h10-11,13-14H,2-9H2,1H3. The molecule has 2 aliphatic rings. The first-order valence-corrected chi connectivity index (χ1v) is 6.11. The average Bonchev–Trinajstić information content (AvgIpc) is 2.00. The Morgan fingerprint density at radius 2 is 2.07 bits per heavy atom. The Bertz CT molecular complexity index is 181. The second-order valence-corrected chi connectivity index (χ2v) is 5.40. The maximum absolute atomic E-state index is 10.4. The molecule has 14 heavy (non-hydrogen) atoms. The van der Waals surface area contributed by atoms with E-state index in [1.54, 1.807) is 0 Å². The molecule has 2 fully saturated rings. The van der Waals surface area contributed by atoms with Gasteiger partial charge in [0.2, 0.25) is 0 Å². The number of hydrogen-bond donors (Lipinski definition) is 2. The molecule has 0 amide bonds. The fourth-order valence-corrected chi connectivity index (χ4v) is 2.88. The fraction of sp³-hybridized carbons (Fsp3) is 1.00. The molecule has 1 saturated carbocycles. The van der Waals surface area contributed by atoms with Gasteiger partial charge in [0.15, 0.2) is 0 Å². The van der Waals surface area contributed by atoms with Crippen molar-refractivity contribution in [3.05, 3.63) is 0 Å². The molecule has 0 aromatic rings. The van der Waals surface area contributed by atoms with Gasteiger partial charge in [-0.1, -0.05) is 6.42 Å². The summed E-state index contributed by atoms with van der Waals surface area (Å²) in [5.74, 6) is 1.30. The third kappa shape index (κ3) is 2.29. The van der Waals surface area contributed by atoms with Crippen molar-refractivity contribution in [1.29, 1.82) is 0 Å². The van der Waals surface area contributed by atoms with Crippen LogP contribution in [-0.4, -0.2) is 23.8 Å². The van der Waals surface area contributed by atoms with Crippen LogP contribution in [0.15, 0.2) is 0 Å². The Hall–Kier alpha value is -0.0800. The molecule has 2 N–H and O–H groups in total. The highest BCUT2D eigenvalue weighted by Crippen LogP contribution is 2.40. The number of aliphatic hydroxyl groups is 1. The van der Waals surface area contributed by atoms with E-state index in [4.69, 9.17) is 0 Å². The maximum Gasteiger partial charge on any atom is 0.0650 e. The van der Waals surface area contributed by atoms with Crippen LogP contribution in [0.5, 0.6) is 0 Å². The van der Waals surface area contributed by atoms with Gasteiger partial charge in [0.1, 0.15) is 0 Å². The van der Waals surface area contributed by atoms with Crippen molar-refractivity contribution in [2.24, 2.45) is 11.8 Å². The minimum absolute atomic E-state index is 0.387. The number of piperidine rings is 1. The Morgan fingerprint density at radius 1 is 1.29 bits per heavy atom. The van der Waals surface area contributed by atoms with Crippen molar-refractivity contribution in [1.82, 2.24) is 5.32 Å². The zero-order chi connectivity index (χ0) is 10.0. The van der Waals surface area contributed by atoms with Gasteiger partial charge in [0, 0.05) is 0 Å². The lowest BCUT2D eigenvalue weighted by Crippen LogP contribution is -2.43. The maximum atomic E-state index is 10.4. The molecule has 0 radical (unpaired) electrons. The van der Waals surface area contributed by atoms with Gasteiger partial charge in [-0.2, -0.15) is 0 Å². The first-order chi connectivity index (χ1) is 6.68. The Kier molecular flexibility index (Phi) is 3.13. The van der Waals surface area contributed by atoms with Crippen molar-refractivity contribution in [2.45, 2.75) is 51.0 Å². The summed E-state index contributed by atoms with van der Waals surface area (Å²) in [6.07, 6.45) is 7.40. The molecule has 0 bridgehead atoms. The van der Waals surface area contributed by atoms with Crippen molar-refractivity contribution in [2.75, 3.05) is 13.1 Å². The van der Waals surface area contributed by atoms with E-state index in [0.29, 0.717) is 11.8 Å². The van der Waals surface area contributed by atoms with Crippen LogP contribution in [0.25, 0.3) is 0 Å². The Labute approximate surface area is 87.1 Å². The average molecular weight is 197 g/mol. The van der Waals surface area contributed by atoms with Crippen LogP contribution in [0, 0.1) is 11.8 Å². The van der Waals surface area contributed by atoms with Crippen LogP contribution < -0.4 is 5.32 Å². The topological polar surface area (TPSA) is 32.3 Å². The minimum Gasteiger partial charge on any atom is -0.390 e. The van der Waals surface area contributed by atoms with Gasteiger partial charge in [-0.25, -0.2) is 0 Å². The van der Waals surface area contributed by atoms with Crippen molar-refractivity contribution in [3.63, 3.8) is 0 Å². The monoisotopic (exact) mass is 197 g/mol. The molecular formula is C12H23NO. The number of rotatable bonds is 3. The third-order valence-electron chi connectivity index (χ3n) is 4.09. The first kappa shape index (κ1) is 10.4. The zero-order valence-electron chi connectivity index (χ0n) is 9.26. The molecule has 82 valence electrons. The molecular weight excluding hydrogens is 174 g/mol. The van der Waals surface area contributed by atoms with Gasteiger partial charge in [0.25, 0.3) is 0 Å². The molecule has 0 aromatic heterocycles. The first-order valence-electron chi connectivity index (χ1n) is 6.11. The molecule has 0 aromatic carbocycles. The predicted octanol–water partition coefficient (Wildman–Crippen LogP) is 1.93. The highest BCUT2D eigenvalue weighted by molar-refractivity contribution is 4.90. The molecule has 2 atom stereocenters. The molecule has 1 aliphatic carbocycles. The lowest BCUT2D eigenvalue weighted by atomic mass is 9.70. The molecule has 2 unspecified atom stereocenters. The molecule has 1 saturated heterocycles. The minimum atomic E-state index is -0.387. The molecule has 1 aliphatic heterocycles. The van der Waals surface area contributed by atoms with E-state index in [1.165, 1.54) is 38.6 Å². The van der Waals surface area contributed by atoms with E-state index >= 15 is 0 Å². The summed E-state index contributed by atoms with van der Waals surface area (Å²) >= 11 is 0. The van der Waals surface area contributed by atoms with Gasteiger partial charge in [-0.3, -0.25) is 0 Å². The van der Waals surface area contributed by atoms with E-state index in [-0.39, 0.29) is 5.60 Å².